The topological polar surface area (TPSA) is 95.7 Å². The van der Waals surface area contributed by atoms with E-state index >= 15 is 0 Å². The summed E-state index contributed by atoms with van der Waals surface area (Å²) in [4.78, 5) is 16.8. The zero-order valence-corrected chi connectivity index (χ0v) is 16.0. The van der Waals surface area contributed by atoms with Crippen LogP contribution in [0.2, 0.25) is 0 Å². The average molecular weight is 363 g/mol. The standard InChI is InChI=1S/C18H25N3O5/c1-18(2,3)17-20-14(21-26-17)7-8-19-16(22)11-9-12(23-4)15(25-6)13(10-11)24-5/h9-10H,7-8H2,1-6H3,(H,19,22). The molecule has 1 aromatic carbocycles. The van der Waals surface area contributed by atoms with Gasteiger partial charge in [-0.25, -0.2) is 0 Å². The molecule has 142 valence electrons. The Labute approximate surface area is 152 Å². The lowest BCUT2D eigenvalue weighted by Crippen LogP contribution is -2.26. The summed E-state index contributed by atoms with van der Waals surface area (Å²) in [6.45, 7) is 6.36. The second-order valence-electron chi connectivity index (χ2n) is 6.69. The van der Waals surface area contributed by atoms with E-state index < -0.39 is 0 Å². The molecule has 1 aromatic heterocycles. The lowest BCUT2D eigenvalue weighted by atomic mass is 9.97. The Hall–Kier alpha value is -2.77. The first-order chi connectivity index (χ1) is 12.3. The predicted molar refractivity (Wildman–Crippen MR) is 95.1 cm³/mol. The molecule has 0 fully saturated rings. The molecule has 2 aromatic rings. The van der Waals surface area contributed by atoms with Crippen molar-refractivity contribution in [3.63, 3.8) is 0 Å². The maximum absolute atomic E-state index is 12.4. The molecule has 8 nitrogen and oxygen atoms in total. The first kappa shape index (κ1) is 19.6. The molecule has 8 heteroatoms. The minimum Gasteiger partial charge on any atom is -0.493 e. The van der Waals surface area contributed by atoms with Gasteiger partial charge in [-0.2, -0.15) is 4.98 Å². The molecule has 0 saturated carbocycles. The molecular formula is C18H25N3O5. The Morgan fingerprint density at radius 2 is 1.73 bits per heavy atom. The van der Waals surface area contributed by atoms with Crippen molar-refractivity contribution in [3.05, 3.63) is 29.4 Å². The van der Waals surface area contributed by atoms with Gasteiger partial charge in [0.05, 0.1) is 21.3 Å². The molecular weight excluding hydrogens is 338 g/mol. The summed E-state index contributed by atoms with van der Waals surface area (Å²) in [5.74, 6) is 2.15. The van der Waals surface area contributed by atoms with Gasteiger partial charge in [0.15, 0.2) is 17.3 Å². The average Bonchev–Trinajstić information content (AvgIpc) is 3.09. The van der Waals surface area contributed by atoms with Crippen molar-refractivity contribution in [1.82, 2.24) is 15.5 Å². The van der Waals surface area contributed by atoms with Crippen LogP contribution >= 0.6 is 0 Å². The van der Waals surface area contributed by atoms with E-state index in [2.05, 4.69) is 15.5 Å². The molecule has 0 aliphatic rings. The molecule has 1 N–H and O–H groups in total. The number of ether oxygens (including phenoxy) is 3. The molecule has 0 bridgehead atoms. The smallest absolute Gasteiger partial charge is 0.251 e. The summed E-state index contributed by atoms with van der Waals surface area (Å²) in [5, 5.41) is 6.76. The number of amides is 1. The van der Waals surface area contributed by atoms with Crippen molar-refractivity contribution in [2.24, 2.45) is 0 Å². The molecule has 0 saturated heterocycles. The van der Waals surface area contributed by atoms with Gasteiger partial charge in [-0.1, -0.05) is 25.9 Å². The van der Waals surface area contributed by atoms with Crippen LogP contribution in [0.15, 0.2) is 16.7 Å². The minimum atomic E-state index is -0.260. The Balaban J connectivity index is 2.03. The third kappa shape index (κ3) is 4.44. The SMILES string of the molecule is COc1cc(C(=O)NCCc2noc(C(C)(C)C)n2)cc(OC)c1OC. The van der Waals surface area contributed by atoms with Gasteiger partial charge in [0.2, 0.25) is 11.6 Å². The van der Waals surface area contributed by atoms with Crippen LogP contribution in [-0.4, -0.2) is 43.9 Å². The third-order valence-electron chi connectivity index (χ3n) is 3.67. The summed E-state index contributed by atoms with van der Waals surface area (Å²) in [5.41, 5.74) is 0.202. The first-order valence-corrected chi connectivity index (χ1v) is 8.21. The monoisotopic (exact) mass is 363 g/mol. The molecule has 0 aliphatic heterocycles. The van der Waals surface area contributed by atoms with Gasteiger partial charge in [-0.05, 0) is 12.1 Å². The lowest BCUT2D eigenvalue weighted by Gasteiger charge is -2.14. The van der Waals surface area contributed by atoms with Crippen molar-refractivity contribution >= 4 is 5.91 Å². The van der Waals surface area contributed by atoms with Gasteiger partial charge in [-0.3, -0.25) is 4.79 Å². The third-order valence-corrected chi connectivity index (χ3v) is 3.67. The normalized spacial score (nSPS) is 11.2. The van der Waals surface area contributed by atoms with Crippen LogP contribution in [0.25, 0.3) is 0 Å². The summed E-state index contributed by atoms with van der Waals surface area (Å²) < 4.78 is 21.0. The van der Waals surface area contributed by atoms with Gasteiger partial charge >= 0.3 is 0 Å². The molecule has 0 unspecified atom stereocenters. The lowest BCUT2D eigenvalue weighted by molar-refractivity contribution is 0.0953. The maximum Gasteiger partial charge on any atom is 0.251 e. The first-order valence-electron chi connectivity index (χ1n) is 8.21. The molecule has 1 amide bonds. The number of hydrogen-bond acceptors (Lipinski definition) is 7. The van der Waals surface area contributed by atoms with Gasteiger partial charge < -0.3 is 24.1 Å². The molecule has 0 atom stereocenters. The largest absolute Gasteiger partial charge is 0.493 e. The van der Waals surface area contributed by atoms with Crippen molar-refractivity contribution in [3.8, 4) is 17.2 Å². The second-order valence-corrected chi connectivity index (χ2v) is 6.69. The van der Waals surface area contributed by atoms with E-state index in [-0.39, 0.29) is 11.3 Å². The van der Waals surface area contributed by atoms with Crippen molar-refractivity contribution in [2.45, 2.75) is 32.6 Å². The number of aromatic nitrogens is 2. The van der Waals surface area contributed by atoms with Gasteiger partial charge in [0.1, 0.15) is 0 Å². The van der Waals surface area contributed by atoms with Gasteiger partial charge in [0.25, 0.3) is 5.91 Å². The molecule has 26 heavy (non-hydrogen) atoms. The minimum absolute atomic E-state index is 0.204. The van der Waals surface area contributed by atoms with Crippen LogP contribution in [0, 0.1) is 0 Å². The number of methoxy groups -OCH3 is 3. The van der Waals surface area contributed by atoms with Gasteiger partial charge in [-0.15, -0.1) is 0 Å². The fourth-order valence-electron chi connectivity index (χ4n) is 2.26. The van der Waals surface area contributed by atoms with Crippen molar-refractivity contribution in [2.75, 3.05) is 27.9 Å². The fourth-order valence-corrected chi connectivity index (χ4v) is 2.26. The van der Waals surface area contributed by atoms with Crippen LogP contribution in [-0.2, 0) is 11.8 Å². The highest BCUT2D eigenvalue weighted by Crippen LogP contribution is 2.38. The highest BCUT2D eigenvalue weighted by Gasteiger charge is 2.22. The van der Waals surface area contributed by atoms with E-state index in [4.69, 9.17) is 18.7 Å². The molecule has 1 heterocycles. The number of carbonyl (C=O) groups excluding carboxylic acids is 1. The number of rotatable bonds is 7. The summed E-state index contributed by atoms with van der Waals surface area (Å²) in [6.07, 6.45) is 0.468. The Morgan fingerprint density at radius 1 is 1.12 bits per heavy atom. The molecule has 0 aliphatic carbocycles. The molecule has 0 spiro atoms. The summed E-state index contributed by atoms with van der Waals surface area (Å²) in [7, 11) is 4.51. The molecule has 2 rings (SSSR count). The van der Waals surface area contributed by atoms with Crippen LogP contribution in [0.4, 0.5) is 0 Å². The van der Waals surface area contributed by atoms with E-state index in [9.17, 15) is 4.79 Å². The second kappa shape index (κ2) is 8.07. The maximum atomic E-state index is 12.4. The number of hydrogen-bond donors (Lipinski definition) is 1. The highest BCUT2D eigenvalue weighted by molar-refractivity contribution is 5.95. The quantitative estimate of drug-likeness (QED) is 0.807. The van der Waals surface area contributed by atoms with Crippen LogP contribution in [0.1, 0.15) is 42.8 Å². The van der Waals surface area contributed by atoms with Crippen LogP contribution < -0.4 is 19.5 Å². The van der Waals surface area contributed by atoms with Gasteiger partial charge in [0, 0.05) is 23.9 Å². The number of benzene rings is 1. The van der Waals surface area contributed by atoms with Crippen LogP contribution in [0.5, 0.6) is 17.2 Å². The van der Waals surface area contributed by atoms with Crippen molar-refractivity contribution in [1.29, 1.82) is 0 Å². The van der Waals surface area contributed by atoms with E-state index in [0.29, 0.717) is 47.5 Å². The number of nitrogens with zero attached hydrogens (tertiary/aromatic N) is 2. The zero-order valence-electron chi connectivity index (χ0n) is 16.0. The Morgan fingerprint density at radius 3 is 2.19 bits per heavy atom. The van der Waals surface area contributed by atoms with E-state index in [1.807, 2.05) is 20.8 Å². The fraction of sp³-hybridized carbons (Fsp3) is 0.500. The Bertz CT molecular complexity index is 739. The molecule has 0 radical (unpaired) electrons. The highest BCUT2D eigenvalue weighted by atomic mass is 16.5. The van der Waals surface area contributed by atoms with Crippen LogP contribution in [0.3, 0.4) is 0 Å². The summed E-state index contributed by atoms with van der Waals surface area (Å²) in [6, 6.07) is 3.20. The van der Waals surface area contributed by atoms with E-state index in [1.54, 1.807) is 12.1 Å². The zero-order chi connectivity index (χ0) is 19.3. The number of carbonyl (C=O) groups is 1. The predicted octanol–water partition coefficient (Wildman–Crippen LogP) is 2.37. The number of nitrogens with one attached hydrogen (secondary N) is 1. The van der Waals surface area contributed by atoms with E-state index in [0.717, 1.165) is 0 Å². The Kier molecular flexibility index (Phi) is 6.07. The van der Waals surface area contributed by atoms with Crippen molar-refractivity contribution < 1.29 is 23.5 Å². The summed E-state index contributed by atoms with van der Waals surface area (Å²) >= 11 is 0. The van der Waals surface area contributed by atoms with E-state index in [1.165, 1.54) is 21.3 Å².